The number of phosphoric ester groups is 1. The number of ether oxygens (including phenoxy) is 2. The number of aliphatic hydroxyl groups is 2. The highest BCUT2D eigenvalue weighted by Gasteiger charge is 2.26. The molecule has 0 bridgehead atoms. The van der Waals surface area contributed by atoms with Crippen molar-refractivity contribution < 1.29 is 43.0 Å². The molecule has 0 aromatic heterocycles. The highest BCUT2D eigenvalue weighted by atomic mass is 31.2. The minimum absolute atomic E-state index is 0.0445. The molecular weight excluding hydrogens is 739 g/mol. The maximum atomic E-state index is 12.6. The van der Waals surface area contributed by atoms with Crippen LogP contribution in [-0.2, 0) is 27.9 Å². The quantitative estimate of drug-likeness (QED) is 0.0237. The van der Waals surface area contributed by atoms with Crippen LogP contribution in [0.25, 0.3) is 0 Å². The van der Waals surface area contributed by atoms with Gasteiger partial charge in [-0.3, -0.25) is 13.8 Å². The van der Waals surface area contributed by atoms with Crippen molar-refractivity contribution in [3.05, 3.63) is 36.5 Å². The van der Waals surface area contributed by atoms with Gasteiger partial charge in [-0.15, -0.1) is 0 Å². The number of hydrogen-bond donors (Lipinski definition) is 3. The van der Waals surface area contributed by atoms with Crippen LogP contribution in [0.4, 0.5) is 0 Å². The summed E-state index contributed by atoms with van der Waals surface area (Å²) in [5, 5.41) is 18.4. The summed E-state index contributed by atoms with van der Waals surface area (Å²) < 4.78 is 33.4. The predicted octanol–water partition coefficient (Wildman–Crippen LogP) is 13.2. The van der Waals surface area contributed by atoms with E-state index in [4.69, 9.17) is 23.6 Å². The summed E-state index contributed by atoms with van der Waals surface area (Å²) in [5.74, 6) is -0.388. The Hall–Kier alpha value is -1.32. The molecule has 3 unspecified atom stereocenters. The lowest BCUT2D eigenvalue weighted by molar-refractivity contribution is -0.154. The Balaban J connectivity index is 4.12. The molecule has 57 heavy (non-hydrogen) atoms. The summed E-state index contributed by atoms with van der Waals surface area (Å²) in [6.07, 6.45) is 48.1. The lowest BCUT2D eigenvalue weighted by Crippen LogP contribution is -2.29. The maximum Gasteiger partial charge on any atom is 0.472 e. The number of esters is 1. The predicted molar refractivity (Wildman–Crippen MR) is 237 cm³/mol. The van der Waals surface area contributed by atoms with Gasteiger partial charge in [0.05, 0.1) is 26.4 Å². The Labute approximate surface area is 350 Å². The third kappa shape index (κ3) is 44.1. The fraction of sp³-hybridized carbons (Fsp3) is 0.851. The highest BCUT2D eigenvalue weighted by Crippen LogP contribution is 2.43. The number of allylic oxidation sites excluding steroid dienone is 6. The number of phosphoric acid groups is 1. The summed E-state index contributed by atoms with van der Waals surface area (Å²) in [5.41, 5.74) is 0. The number of carbonyl (C=O) groups excluding carboxylic acids is 1. The Morgan fingerprint density at radius 2 is 0.947 bits per heavy atom. The van der Waals surface area contributed by atoms with Crippen molar-refractivity contribution in [1.82, 2.24) is 0 Å². The minimum Gasteiger partial charge on any atom is -0.457 e. The molecular formula is C47H89O9P. The fourth-order valence-corrected chi connectivity index (χ4v) is 7.23. The third-order valence-corrected chi connectivity index (χ3v) is 11.0. The first-order chi connectivity index (χ1) is 27.8. The summed E-state index contributed by atoms with van der Waals surface area (Å²) in [6.45, 7) is 3.50. The Bertz CT molecular complexity index is 986. The van der Waals surface area contributed by atoms with Gasteiger partial charge in [0.2, 0.25) is 0 Å². The summed E-state index contributed by atoms with van der Waals surface area (Å²) in [6, 6.07) is 0. The zero-order chi connectivity index (χ0) is 41.8. The van der Waals surface area contributed by atoms with E-state index in [0.29, 0.717) is 6.61 Å². The summed E-state index contributed by atoms with van der Waals surface area (Å²) in [7, 11) is -4.52. The van der Waals surface area contributed by atoms with Crippen molar-refractivity contribution in [1.29, 1.82) is 0 Å². The first kappa shape index (κ1) is 55.7. The summed E-state index contributed by atoms with van der Waals surface area (Å²) >= 11 is 0. The first-order valence-electron chi connectivity index (χ1n) is 23.5. The van der Waals surface area contributed by atoms with E-state index < -0.39 is 33.2 Å². The molecule has 3 atom stereocenters. The number of hydrogen-bond acceptors (Lipinski definition) is 8. The zero-order valence-electron chi connectivity index (χ0n) is 36.8. The van der Waals surface area contributed by atoms with E-state index in [2.05, 4.69) is 50.3 Å². The molecule has 0 heterocycles. The second-order valence-electron chi connectivity index (χ2n) is 15.8. The standard InChI is InChI=1S/C47H89O9P/c1-3-5-7-9-11-13-15-17-19-20-21-22-23-24-25-27-29-31-33-35-37-39-47(50)56-46(44-55-57(51,52)54-42-45(49)41-48)43-53-40-38-36-34-32-30-28-26-18-16-14-12-10-8-6-4-2/h15-18,20-21,45-46,48-49H,3-14,19,22-44H2,1-2H3,(H,51,52)/b17-15-,18-16-,21-20-. The van der Waals surface area contributed by atoms with Gasteiger partial charge in [-0.25, -0.2) is 4.57 Å². The Morgan fingerprint density at radius 1 is 0.544 bits per heavy atom. The van der Waals surface area contributed by atoms with Gasteiger partial charge >= 0.3 is 13.8 Å². The number of aliphatic hydroxyl groups excluding tert-OH is 2. The first-order valence-corrected chi connectivity index (χ1v) is 25.0. The molecule has 0 aliphatic heterocycles. The van der Waals surface area contributed by atoms with Crippen molar-refractivity contribution in [3.63, 3.8) is 0 Å². The van der Waals surface area contributed by atoms with E-state index in [9.17, 15) is 19.4 Å². The van der Waals surface area contributed by atoms with Crippen LogP contribution in [0.2, 0.25) is 0 Å². The fourth-order valence-electron chi connectivity index (χ4n) is 6.44. The van der Waals surface area contributed by atoms with Crippen LogP contribution in [0.15, 0.2) is 36.5 Å². The summed E-state index contributed by atoms with van der Waals surface area (Å²) in [4.78, 5) is 22.6. The van der Waals surface area contributed by atoms with Crippen LogP contribution in [0.3, 0.4) is 0 Å². The van der Waals surface area contributed by atoms with Gasteiger partial charge in [0, 0.05) is 13.0 Å². The number of carbonyl (C=O) groups is 1. The largest absolute Gasteiger partial charge is 0.472 e. The highest BCUT2D eigenvalue weighted by molar-refractivity contribution is 7.47. The van der Waals surface area contributed by atoms with Gasteiger partial charge in [0.15, 0.2) is 0 Å². The van der Waals surface area contributed by atoms with Crippen molar-refractivity contribution in [2.24, 2.45) is 0 Å². The van der Waals surface area contributed by atoms with Crippen LogP contribution >= 0.6 is 7.82 Å². The van der Waals surface area contributed by atoms with E-state index in [1.807, 2.05) is 0 Å². The molecule has 0 radical (unpaired) electrons. The second kappa shape index (κ2) is 44.2. The molecule has 336 valence electrons. The molecule has 0 aromatic rings. The van der Waals surface area contributed by atoms with Crippen molar-refractivity contribution in [2.75, 3.05) is 33.0 Å². The average Bonchev–Trinajstić information content (AvgIpc) is 3.20. The molecule has 0 aliphatic rings. The lowest BCUT2D eigenvalue weighted by atomic mass is 10.1. The van der Waals surface area contributed by atoms with E-state index in [1.165, 1.54) is 135 Å². The van der Waals surface area contributed by atoms with Gasteiger partial charge in [-0.05, 0) is 70.6 Å². The van der Waals surface area contributed by atoms with E-state index in [0.717, 1.165) is 57.8 Å². The van der Waals surface area contributed by atoms with Crippen LogP contribution in [0.1, 0.15) is 213 Å². The van der Waals surface area contributed by atoms with Gasteiger partial charge in [-0.2, -0.15) is 0 Å². The van der Waals surface area contributed by atoms with Crippen LogP contribution in [0.5, 0.6) is 0 Å². The molecule has 0 aromatic carbocycles. The molecule has 0 spiro atoms. The molecule has 9 nitrogen and oxygen atoms in total. The van der Waals surface area contributed by atoms with Crippen molar-refractivity contribution >= 4 is 13.8 Å². The van der Waals surface area contributed by atoms with Gasteiger partial charge < -0.3 is 24.6 Å². The van der Waals surface area contributed by atoms with E-state index in [-0.39, 0.29) is 25.6 Å². The van der Waals surface area contributed by atoms with Gasteiger partial charge in [-0.1, -0.05) is 172 Å². The molecule has 10 heteroatoms. The topological polar surface area (TPSA) is 132 Å². The molecule has 0 amide bonds. The zero-order valence-corrected chi connectivity index (χ0v) is 37.7. The van der Waals surface area contributed by atoms with Gasteiger partial charge in [0.25, 0.3) is 0 Å². The van der Waals surface area contributed by atoms with Gasteiger partial charge in [0.1, 0.15) is 12.2 Å². The van der Waals surface area contributed by atoms with E-state index in [1.54, 1.807) is 0 Å². The molecule has 0 saturated heterocycles. The maximum absolute atomic E-state index is 12.6. The smallest absolute Gasteiger partial charge is 0.457 e. The average molecular weight is 829 g/mol. The molecule has 0 aliphatic carbocycles. The molecule has 3 N–H and O–H groups in total. The third-order valence-electron chi connectivity index (χ3n) is 10.0. The monoisotopic (exact) mass is 829 g/mol. The van der Waals surface area contributed by atoms with Crippen molar-refractivity contribution in [3.8, 4) is 0 Å². The SMILES string of the molecule is CCCCCCC/C=C\C/C=C\CCCCCCCCCCCC(=O)OC(COCCCCCCCC/C=C\CCCCCCC)COP(=O)(O)OCC(O)CO. The second-order valence-corrected chi connectivity index (χ2v) is 17.2. The number of unbranched alkanes of at least 4 members (excludes halogenated alkanes) is 25. The van der Waals surface area contributed by atoms with Crippen LogP contribution < -0.4 is 0 Å². The Kier molecular flexibility index (Phi) is 43.2. The lowest BCUT2D eigenvalue weighted by Gasteiger charge is -2.20. The number of rotatable bonds is 45. The van der Waals surface area contributed by atoms with Crippen LogP contribution in [0, 0.1) is 0 Å². The van der Waals surface area contributed by atoms with Crippen LogP contribution in [-0.4, -0.2) is 66.3 Å². The van der Waals surface area contributed by atoms with Crippen molar-refractivity contribution in [2.45, 2.75) is 225 Å². The Morgan fingerprint density at radius 3 is 1.42 bits per heavy atom. The molecule has 0 fully saturated rings. The minimum atomic E-state index is -4.52. The molecule has 0 saturated carbocycles. The van der Waals surface area contributed by atoms with E-state index >= 15 is 0 Å². The molecule has 0 rings (SSSR count). The normalized spacial score (nSPS) is 14.3.